The van der Waals surface area contributed by atoms with E-state index in [1.54, 1.807) is 4.90 Å². The second-order valence-corrected chi connectivity index (χ2v) is 3.89. The number of nitrogens with one attached hydrogen (secondary N) is 2. The van der Waals surface area contributed by atoms with Crippen LogP contribution in [0.4, 0.5) is 4.79 Å². The van der Waals surface area contributed by atoms with Crippen LogP contribution in [0.25, 0.3) is 0 Å². The van der Waals surface area contributed by atoms with Gasteiger partial charge in [-0.05, 0) is 18.4 Å². The normalized spacial score (nSPS) is 20.9. The molecule has 2 saturated heterocycles. The molecule has 4 amide bonds. The Balaban J connectivity index is 2.08. The number of rotatable bonds is 0. The fourth-order valence-corrected chi connectivity index (χ4v) is 1.96. The first-order valence-electron chi connectivity index (χ1n) is 5.18. The predicted molar refractivity (Wildman–Crippen MR) is 55.2 cm³/mol. The largest absolute Gasteiger partial charge is 0.342 e. The number of amides is 4. The second-order valence-electron chi connectivity index (χ2n) is 3.89. The number of likely N-dealkylation sites (tertiary alicyclic amines) is 1. The van der Waals surface area contributed by atoms with Crippen molar-refractivity contribution in [2.75, 3.05) is 13.1 Å². The van der Waals surface area contributed by atoms with E-state index < -0.39 is 6.03 Å². The van der Waals surface area contributed by atoms with Gasteiger partial charge in [0.05, 0.1) is 0 Å². The summed E-state index contributed by atoms with van der Waals surface area (Å²) in [6.45, 7) is 2.75. The van der Waals surface area contributed by atoms with Crippen LogP contribution in [0.2, 0.25) is 0 Å². The van der Waals surface area contributed by atoms with E-state index in [4.69, 9.17) is 0 Å². The van der Waals surface area contributed by atoms with Crippen LogP contribution in [0, 0.1) is 0 Å². The molecule has 0 bridgehead atoms. The molecule has 16 heavy (non-hydrogen) atoms. The molecule has 6 heteroatoms. The van der Waals surface area contributed by atoms with Gasteiger partial charge in [-0.15, -0.1) is 0 Å². The first-order chi connectivity index (χ1) is 7.58. The molecule has 2 fully saturated rings. The molecule has 2 rings (SSSR count). The minimum atomic E-state index is -0.471. The molecule has 0 aromatic heterocycles. The minimum Gasteiger partial charge on any atom is -0.342 e. The van der Waals surface area contributed by atoms with Crippen molar-refractivity contribution in [3.05, 3.63) is 11.3 Å². The van der Waals surface area contributed by atoms with Crippen LogP contribution in [0.3, 0.4) is 0 Å². The van der Waals surface area contributed by atoms with E-state index in [1.807, 2.05) is 0 Å². The Bertz CT molecular complexity index is 390. The molecular formula is C10H13N3O3. The molecule has 0 saturated carbocycles. The van der Waals surface area contributed by atoms with Crippen molar-refractivity contribution >= 4 is 17.8 Å². The van der Waals surface area contributed by atoms with Crippen molar-refractivity contribution in [3.8, 4) is 0 Å². The smallest absolute Gasteiger partial charge is 0.326 e. The molecule has 6 nitrogen and oxygen atoms in total. The lowest BCUT2D eigenvalue weighted by atomic mass is 10.0. The van der Waals surface area contributed by atoms with Gasteiger partial charge in [0.2, 0.25) is 5.91 Å². The van der Waals surface area contributed by atoms with Crippen LogP contribution in [-0.4, -0.2) is 35.8 Å². The Labute approximate surface area is 92.7 Å². The van der Waals surface area contributed by atoms with Gasteiger partial charge < -0.3 is 10.2 Å². The summed E-state index contributed by atoms with van der Waals surface area (Å²) < 4.78 is 0. The molecule has 0 aromatic rings. The van der Waals surface area contributed by atoms with Crippen molar-refractivity contribution in [1.82, 2.24) is 15.5 Å². The molecule has 0 aromatic carbocycles. The fourth-order valence-electron chi connectivity index (χ4n) is 1.96. The summed E-state index contributed by atoms with van der Waals surface area (Å²) in [4.78, 5) is 35.1. The van der Waals surface area contributed by atoms with Crippen LogP contribution >= 0.6 is 0 Å². The Morgan fingerprint density at radius 2 is 1.81 bits per heavy atom. The summed E-state index contributed by atoms with van der Waals surface area (Å²) in [5.41, 5.74) is 1.29. The Kier molecular flexibility index (Phi) is 2.64. The minimum absolute atomic E-state index is 0.0453. The number of carbonyl (C=O) groups is 3. The molecule has 0 unspecified atom stereocenters. The maximum atomic E-state index is 11.4. The van der Waals surface area contributed by atoms with Crippen molar-refractivity contribution in [2.45, 2.75) is 19.8 Å². The first-order valence-corrected chi connectivity index (χ1v) is 5.18. The number of carbonyl (C=O) groups excluding carboxylic acids is 3. The number of nitrogens with zero attached hydrogens (tertiary/aromatic N) is 1. The molecule has 0 atom stereocenters. The third kappa shape index (κ3) is 1.91. The SMILES string of the molecule is CC(=O)N1CCC(=C2NC(=O)NC2=O)CC1. The van der Waals surface area contributed by atoms with Gasteiger partial charge >= 0.3 is 6.03 Å². The van der Waals surface area contributed by atoms with E-state index in [9.17, 15) is 14.4 Å². The fraction of sp³-hybridized carbons (Fsp3) is 0.500. The topological polar surface area (TPSA) is 78.5 Å². The third-order valence-electron chi connectivity index (χ3n) is 2.86. The molecule has 0 spiro atoms. The lowest BCUT2D eigenvalue weighted by Gasteiger charge is -2.27. The highest BCUT2D eigenvalue weighted by atomic mass is 16.2. The van der Waals surface area contributed by atoms with Crippen molar-refractivity contribution in [3.63, 3.8) is 0 Å². The average molecular weight is 223 g/mol. The standard InChI is InChI=1S/C10H13N3O3/c1-6(14)13-4-2-7(3-5-13)8-9(15)12-10(16)11-8/h2-5H2,1H3,(H2,11,12,15,16). The summed E-state index contributed by atoms with van der Waals surface area (Å²) in [6.07, 6.45) is 1.28. The van der Waals surface area contributed by atoms with E-state index >= 15 is 0 Å². The van der Waals surface area contributed by atoms with Crippen LogP contribution in [0.1, 0.15) is 19.8 Å². The Morgan fingerprint density at radius 1 is 1.19 bits per heavy atom. The maximum Gasteiger partial charge on any atom is 0.326 e. The highest BCUT2D eigenvalue weighted by molar-refractivity contribution is 6.12. The van der Waals surface area contributed by atoms with Crippen LogP contribution in [0.5, 0.6) is 0 Å². The van der Waals surface area contributed by atoms with Crippen molar-refractivity contribution < 1.29 is 14.4 Å². The van der Waals surface area contributed by atoms with E-state index in [1.165, 1.54) is 6.92 Å². The third-order valence-corrected chi connectivity index (χ3v) is 2.86. The van der Waals surface area contributed by atoms with E-state index in [2.05, 4.69) is 10.6 Å². The summed E-state index contributed by atoms with van der Waals surface area (Å²) >= 11 is 0. The number of piperidine rings is 1. The van der Waals surface area contributed by atoms with Gasteiger partial charge in [0, 0.05) is 20.0 Å². The van der Waals surface area contributed by atoms with Gasteiger partial charge in [0.1, 0.15) is 5.70 Å². The Hall–Kier alpha value is -1.85. The highest BCUT2D eigenvalue weighted by Gasteiger charge is 2.28. The number of urea groups is 1. The lowest BCUT2D eigenvalue weighted by molar-refractivity contribution is -0.129. The number of hydrogen-bond donors (Lipinski definition) is 2. The zero-order valence-electron chi connectivity index (χ0n) is 9.00. The quantitative estimate of drug-likeness (QED) is 0.438. The first kappa shape index (κ1) is 10.7. The lowest BCUT2D eigenvalue weighted by Crippen LogP contribution is -2.35. The molecule has 86 valence electrons. The molecule has 2 heterocycles. The average Bonchev–Trinajstić information content (AvgIpc) is 2.58. The predicted octanol–water partition coefficient (Wildman–Crippen LogP) is -0.278. The van der Waals surface area contributed by atoms with E-state index in [-0.39, 0.29) is 11.8 Å². The second kappa shape index (κ2) is 3.96. The number of imide groups is 1. The monoisotopic (exact) mass is 223 g/mol. The summed E-state index contributed by atoms with van der Waals surface area (Å²) in [5.74, 6) is -0.319. The molecule has 2 N–H and O–H groups in total. The van der Waals surface area contributed by atoms with Crippen molar-refractivity contribution in [2.24, 2.45) is 0 Å². The van der Waals surface area contributed by atoms with Gasteiger partial charge in [-0.25, -0.2) is 4.79 Å². The highest BCUT2D eigenvalue weighted by Crippen LogP contribution is 2.20. The van der Waals surface area contributed by atoms with Gasteiger partial charge in [0.15, 0.2) is 0 Å². The zero-order chi connectivity index (χ0) is 11.7. The maximum absolute atomic E-state index is 11.4. The van der Waals surface area contributed by atoms with Gasteiger partial charge in [-0.1, -0.05) is 0 Å². The van der Waals surface area contributed by atoms with Gasteiger partial charge in [0.25, 0.3) is 5.91 Å². The van der Waals surface area contributed by atoms with E-state index in [0.717, 1.165) is 5.57 Å². The zero-order valence-corrected chi connectivity index (χ0v) is 9.00. The summed E-state index contributed by atoms with van der Waals surface area (Å²) in [5, 5.41) is 4.66. The summed E-state index contributed by atoms with van der Waals surface area (Å²) in [6, 6.07) is -0.471. The van der Waals surface area contributed by atoms with Crippen LogP contribution in [0.15, 0.2) is 11.3 Å². The van der Waals surface area contributed by atoms with Crippen molar-refractivity contribution in [1.29, 1.82) is 0 Å². The summed E-state index contributed by atoms with van der Waals surface area (Å²) in [7, 11) is 0. The Morgan fingerprint density at radius 3 is 2.25 bits per heavy atom. The molecule has 2 aliphatic heterocycles. The molecule has 0 radical (unpaired) electrons. The van der Waals surface area contributed by atoms with Crippen LogP contribution in [-0.2, 0) is 9.59 Å². The molecule has 2 aliphatic rings. The number of hydrogen-bond acceptors (Lipinski definition) is 3. The van der Waals surface area contributed by atoms with Gasteiger partial charge in [-0.3, -0.25) is 14.9 Å². The van der Waals surface area contributed by atoms with Gasteiger partial charge in [-0.2, -0.15) is 0 Å². The molecule has 0 aliphatic carbocycles. The molecular weight excluding hydrogens is 210 g/mol. The van der Waals surface area contributed by atoms with E-state index in [0.29, 0.717) is 31.6 Å². The van der Waals surface area contributed by atoms with Crippen LogP contribution < -0.4 is 10.6 Å².